The Bertz CT molecular complexity index is 899. The van der Waals surface area contributed by atoms with Gasteiger partial charge in [0, 0.05) is 45.3 Å². The van der Waals surface area contributed by atoms with Gasteiger partial charge in [-0.2, -0.15) is 0 Å². The van der Waals surface area contributed by atoms with Gasteiger partial charge in [0.1, 0.15) is 5.82 Å². The molecule has 0 spiro atoms. The zero-order valence-corrected chi connectivity index (χ0v) is 18.8. The van der Waals surface area contributed by atoms with E-state index in [4.69, 9.17) is 4.74 Å². The number of nitrogens with zero attached hydrogens (tertiary/aromatic N) is 2. The number of aryl methyl sites for hydroxylation is 1. The first-order valence-electron chi connectivity index (χ1n) is 11.5. The molecule has 2 saturated heterocycles. The summed E-state index contributed by atoms with van der Waals surface area (Å²) in [5, 5.41) is 6.01. The third-order valence-electron chi connectivity index (χ3n) is 6.18. The summed E-state index contributed by atoms with van der Waals surface area (Å²) in [5.74, 6) is -0.210. The van der Waals surface area contributed by atoms with Crippen LogP contribution >= 0.6 is 0 Å². The summed E-state index contributed by atoms with van der Waals surface area (Å²) >= 11 is 0. The van der Waals surface area contributed by atoms with E-state index in [1.165, 1.54) is 11.6 Å². The molecule has 32 heavy (non-hydrogen) atoms. The van der Waals surface area contributed by atoms with Crippen LogP contribution in [0.15, 0.2) is 42.5 Å². The van der Waals surface area contributed by atoms with Crippen molar-refractivity contribution in [3.63, 3.8) is 0 Å². The molecule has 0 radical (unpaired) electrons. The van der Waals surface area contributed by atoms with Crippen molar-refractivity contribution in [2.24, 2.45) is 0 Å². The van der Waals surface area contributed by atoms with Gasteiger partial charge in [0.05, 0.1) is 18.9 Å². The van der Waals surface area contributed by atoms with E-state index in [-0.39, 0.29) is 17.9 Å². The monoisotopic (exact) mass is 440 g/mol. The standard InChI is InChI=1S/C25H33FN4O2/c1-19-4-9-23(26)24(15-19)30-10-2-3-22(18-30)28-25(31)27-16-20-5-7-21(8-6-20)17-29-11-13-32-14-12-29/h4-9,15,22H,2-3,10-14,16-18H2,1H3,(H2,27,28,31). The number of benzene rings is 2. The number of urea groups is 1. The number of amides is 2. The molecule has 2 heterocycles. The van der Waals surface area contributed by atoms with Gasteiger partial charge in [-0.1, -0.05) is 30.3 Å². The minimum Gasteiger partial charge on any atom is -0.379 e. The highest BCUT2D eigenvalue weighted by molar-refractivity contribution is 5.74. The maximum atomic E-state index is 14.3. The van der Waals surface area contributed by atoms with Crippen LogP contribution in [0.25, 0.3) is 0 Å². The number of morpholine rings is 1. The summed E-state index contributed by atoms with van der Waals surface area (Å²) in [5.41, 5.74) is 3.99. The van der Waals surface area contributed by atoms with Crippen LogP contribution in [0.5, 0.6) is 0 Å². The van der Waals surface area contributed by atoms with E-state index in [9.17, 15) is 9.18 Å². The minimum absolute atomic E-state index is 0.000407. The third kappa shape index (κ3) is 6.20. The quantitative estimate of drug-likeness (QED) is 0.723. The molecule has 0 aromatic heterocycles. The molecule has 2 aliphatic rings. The predicted molar refractivity (Wildman–Crippen MR) is 124 cm³/mol. The van der Waals surface area contributed by atoms with E-state index < -0.39 is 0 Å². The molecule has 1 unspecified atom stereocenters. The lowest BCUT2D eigenvalue weighted by atomic mass is 10.0. The Kier molecular flexibility index (Phi) is 7.60. The van der Waals surface area contributed by atoms with Crippen molar-refractivity contribution in [2.75, 3.05) is 44.3 Å². The summed E-state index contributed by atoms with van der Waals surface area (Å²) in [7, 11) is 0. The molecular formula is C25H33FN4O2. The SMILES string of the molecule is Cc1ccc(F)c(N2CCCC(NC(=O)NCc3ccc(CN4CCOCC4)cc3)C2)c1. The van der Waals surface area contributed by atoms with E-state index in [1.54, 1.807) is 6.07 Å². The molecule has 7 heteroatoms. The zero-order valence-electron chi connectivity index (χ0n) is 18.8. The van der Waals surface area contributed by atoms with Gasteiger partial charge in [0.2, 0.25) is 0 Å². The van der Waals surface area contributed by atoms with Crippen LogP contribution in [0.1, 0.15) is 29.5 Å². The average molecular weight is 441 g/mol. The maximum Gasteiger partial charge on any atom is 0.315 e. The molecule has 172 valence electrons. The van der Waals surface area contributed by atoms with Crippen LogP contribution in [0.4, 0.5) is 14.9 Å². The maximum absolute atomic E-state index is 14.3. The molecule has 2 aromatic rings. The minimum atomic E-state index is -0.210. The Morgan fingerprint density at radius 3 is 2.62 bits per heavy atom. The second-order valence-corrected chi connectivity index (χ2v) is 8.77. The molecule has 6 nitrogen and oxygen atoms in total. The number of hydrogen-bond donors (Lipinski definition) is 2. The molecule has 0 aliphatic carbocycles. The molecule has 0 saturated carbocycles. The number of halogens is 1. The molecule has 1 atom stereocenters. The van der Waals surface area contributed by atoms with Gasteiger partial charge < -0.3 is 20.3 Å². The molecular weight excluding hydrogens is 407 g/mol. The van der Waals surface area contributed by atoms with Crippen molar-refractivity contribution in [3.05, 3.63) is 65.0 Å². The number of nitrogens with one attached hydrogen (secondary N) is 2. The van der Waals surface area contributed by atoms with Crippen molar-refractivity contribution >= 4 is 11.7 Å². The molecule has 2 aliphatic heterocycles. The van der Waals surface area contributed by atoms with Crippen LogP contribution in [0.2, 0.25) is 0 Å². The van der Waals surface area contributed by atoms with Crippen LogP contribution in [0.3, 0.4) is 0 Å². The van der Waals surface area contributed by atoms with Gasteiger partial charge >= 0.3 is 6.03 Å². The molecule has 4 rings (SSSR count). The Balaban J connectivity index is 1.23. The fourth-order valence-corrected chi connectivity index (χ4v) is 4.38. The Labute approximate surface area is 189 Å². The van der Waals surface area contributed by atoms with Crippen LogP contribution in [-0.2, 0) is 17.8 Å². The molecule has 0 bridgehead atoms. The lowest BCUT2D eigenvalue weighted by Gasteiger charge is -2.35. The molecule has 2 fully saturated rings. The van der Waals surface area contributed by atoms with Crippen LogP contribution < -0.4 is 15.5 Å². The predicted octanol–water partition coefficient (Wildman–Crippen LogP) is 3.43. The first-order chi connectivity index (χ1) is 15.6. The lowest BCUT2D eigenvalue weighted by molar-refractivity contribution is 0.0342. The van der Waals surface area contributed by atoms with Gasteiger partial charge in [-0.05, 0) is 48.6 Å². The van der Waals surface area contributed by atoms with E-state index in [0.717, 1.165) is 63.4 Å². The van der Waals surface area contributed by atoms with E-state index in [2.05, 4.69) is 39.8 Å². The zero-order chi connectivity index (χ0) is 22.3. The number of piperidine rings is 1. The Morgan fingerprint density at radius 1 is 1.09 bits per heavy atom. The fourth-order valence-electron chi connectivity index (χ4n) is 4.38. The topological polar surface area (TPSA) is 56.8 Å². The summed E-state index contributed by atoms with van der Waals surface area (Å²) in [6.45, 7) is 8.33. The highest BCUT2D eigenvalue weighted by Gasteiger charge is 2.23. The molecule has 2 N–H and O–H groups in total. The number of rotatable bonds is 6. The highest BCUT2D eigenvalue weighted by Crippen LogP contribution is 2.24. The lowest BCUT2D eigenvalue weighted by Crippen LogP contribution is -2.50. The van der Waals surface area contributed by atoms with Crippen molar-refractivity contribution in [3.8, 4) is 0 Å². The van der Waals surface area contributed by atoms with Crippen molar-refractivity contribution < 1.29 is 13.9 Å². The Hall–Kier alpha value is -2.64. The average Bonchev–Trinajstić information content (AvgIpc) is 2.81. The van der Waals surface area contributed by atoms with E-state index in [0.29, 0.717) is 18.8 Å². The van der Waals surface area contributed by atoms with Gasteiger partial charge in [-0.15, -0.1) is 0 Å². The van der Waals surface area contributed by atoms with Crippen molar-refractivity contribution in [2.45, 2.75) is 38.9 Å². The van der Waals surface area contributed by atoms with Crippen LogP contribution in [-0.4, -0.2) is 56.4 Å². The van der Waals surface area contributed by atoms with Gasteiger partial charge in [0.25, 0.3) is 0 Å². The highest BCUT2D eigenvalue weighted by atomic mass is 19.1. The van der Waals surface area contributed by atoms with Crippen LogP contribution in [0, 0.1) is 12.7 Å². The fraction of sp³-hybridized carbons (Fsp3) is 0.480. The van der Waals surface area contributed by atoms with E-state index in [1.807, 2.05) is 17.9 Å². The summed E-state index contributed by atoms with van der Waals surface area (Å²) in [6, 6.07) is 13.4. The van der Waals surface area contributed by atoms with Gasteiger partial charge in [-0.3, -0.25) is 4.90 Å². The second-order valence-electron chi connectivity index (χ2n) is 8.77. The first kappa shape index (κ1) is 22.6. The number of carbonyl (C=O) groups excluding carboxylic acids is 1. The summed E-state index contributed by atoms with van der Waals surface area (Å²) in [6.07, 6.45) is 1.82. The van der Waals surface area contributed by atoms with Gasteiger partial charge in [-0.25, -0.2) is 9.18 Å². The summed E-state index contributed by atoms with van der Waals surface area (Å²) < 4.78 is 19.7. The second kappa shape index (κ2) is 10.8. The number of anilines is 1. The normalized spacial score (nSPS) is 19.6. The van der Waals surface area contributed by atoms with Gasteiger partial charge in [0.15, 0.2) is 0 Å². The largest absolute Gasteiger partial charge is 0.379 e. The number of ether oxygens (including phenoxy) is 1. The molecule has 2 aromatic carbocycles. The first-order valence-corrected chi connectivity index (χ1v) is 11.5. The number of hydrogen-bond acceptors (Lipinski definition) is 4. The third-order valence-corrected chi connectivity index (χ3v) is 6.18. The van der Waals surface area contributed by atoms with Crippen molar-refractivity contribution in [1.29, 1.82) is 0 Å². The van der Waals surface area contributed by atoms with E-state index >= 15 is 0 Å². The van der Waals surface area contributed by atoms with Crippen molar-refractivity contribution in [1.82, 2.24) is 15.5 Å². The smallest absolute Gasteiger partial charge is 0.315 e. The molecule has 2 amide bonds. The Morgan fingerprint density at radius 2 is 1.84 bits per heavy atom. The summed E-state index contributed by atoms with van der Waals surface area (Å²) in [4.78, 5) is 16.9. The number of carbonyl (C=O) groups is 1.